The maximum Gasteiger partial charge on any atom is 0.195 e. The van der Waals surface area contributed by atoms with Gasteiger partial charge >= 0.3 is 0 Å². The van der Waals surface area contributed by atoms with Crippen molar-refractivity contribution in [3.8, 4) is 0 Å². The van der Waals surface area contributed by atoms with E-state index in [1.54, 1.807) is 0 Å². The third-order valence-corrected chi connectivity index (χ3v) is 7.46. The molecule has 1 aliphatic carbocycles. The van der Waals surface area contributed by atoms with Gasteiger partial charge in [0.2, 0.25) is 0 Å². The van der Waals surface area contributed by atoms with E-state index in [1.165, 1.54) is 29.5 Å². The predicted octanol–water partition coefficient (Wildman–Crippen LogP) is 5.83. The normalized spacial score (nSPS) is 18.7. The molecule has 1 aliphatic heterocycles. The van der Waals surface area contributed by atoms with Crippen LogP contribution in [0, 0.1) is 0 Å². The number of carbonyl (C=O) groups excluding carboxylic acids is 1. The van der Waals surface area contributed by atoms with Crippen molar-refractivity contribution in [2.75, 3.05) is 13.1 Å². The summed E-state index contributed by atoms with van der Waals surface area (Å²) in [6.07, 6.45) is 3.31. The van der Waals surface area contributed by atoms with E-state index in [2.05, 4.69) is 71.3 Å². The average molecular weight is 451 g/mol. The van der Waals surface area contributed by atoms with Crippen LogP contribution in [0.2, 0.25) is 0 Å². The number of aromatic amines is 1. The number of nitrogens with one attached hydrogen (secondary N) is 2. The Kier molecular flexibility index (Phi) is 4.48. The SMILES string of the molecule is CCc1cc2c(cc1C1CCNCC1)C(C)(C)c1[nH]c3cc(Br)ccc3c1C2=O. The van der Waals surface area contributed by atoms with Crippen LogP contribution in [-0.4, -0.2) is 23.9 Å². The highest BCUT2D eigenvalue weighted by Crippen LogP contribution is 2.46. The highest BCUT2D eigenvalue weighted by molar-refractivity contribution is 9.10. The van der Waals surface area contributed by atoms with Crippen LogP contribution in [0.4, 0.5) is 0 Å². The van der Waals surface area contributed by atoms with E-state index in [1.807, 2.05) is 6.07 Å². The number of hydrogen-bond donors (Lipinski definition) is 2. The molecule has 5 rings (SSSR count). The van der Waals surface area contributed by atoms with Crippen molar-refractivity contribution >= 4 is 32.6 Å². The minimum atomic E-state index is -0.238. The van der Waals surface area contributed by atoms with Crippen LogP contribution < -0.4 is 5.32 Å². The number of aryl methyl sites for hydroxylation is 1. The van der Waals surface area contributed by atoms with Crippen LogP contribution in [-0.2, 0) is 11.8 Å². The minimum Gasteiger partial charge on any atom is -0.357 e. The van der Waals surface area contributed by atoms with Crippen molar-refractivity contribution in [1.82, 2.24) is 10.3 Å². The first kappa shape index (κ1) is 19.1. The number of fused-ring (bicyclic) bond motifs is 4. The monoisotopic (exact) mass is 450 g/mol. The molecule has 4 heteroatoms. The van der Waals surface area contributed by atoms with Gasteiger partial charge in [-0.3, -0.25) is 4.79 Å². The van der Waals surface area contributed by atoms with Crippen LogP contribution in [0.3, 0.4) is 0 Å². The van der Waals surface area contributed by atoms with Crippen molar-refractivity contribution in [2.45, 2.75) is 51.4 Å². The Labute approximate surface area is 180 Å². The molecule has 0 unspecified atom stereocenters. The first-order valence-electron chi connectivity index (χ1n) is 10.7. The zero-order valence-corrected chi connectivity index (χ0v) is 18.9. The molecule has 0 atom stereocenters. The Morgan fingerprint density at radius 2 is 1.90 bits per heavy atom. The molecule has 0 spiro atoms. The largest absolute Gasteiger partial charge is 0.357 e. The summed E-state index contributed by atoms with van der Waals surface area (Å²) in [5, 5.41) is 4.50. The summed E-state index contributed by atoms with van der Waals surface area (Å²) in [7, 11) is 0. The van der Waals surface area contributed by atoms with E-state index >= 15 is 0 Å². The number of ketones is 1. The number of aromatic nitrogens is 1. The van der Waals surface area contributed by atoms with Crippen LogP contribution in [0.1, 0.15) is 77.8 Å². The van der Waals surface area contributed by atoms with Crippen LogP contribution >= 0.6 is 15.9 Å². The van der Waals surface area contributed by atoms with Crippen molar-refractivity contribution in [3.63, 3.8) is 0 Å². The quantitative estimate of drug-likeness (QED) is 0.515. The summed E-state index contributed by atoms with van der Waals surface area (Å²) in [5.74, 6) is 0.747. The van der Waals surface area contributed by atoms with Crippen LogP contribution in [0.25, 0.3) is 10.9 Å². The molecule has 2 N–H and O–H groups in total. The third kappa shape index (κ3) is 2.83. The highest BCUT2D eigenvalue weighted by atomic mass is 79.9. The summed E-state index contributed by atoms with van der Waals surface area (Å²) in [6.45, 7) is 8.86. The number of halogens is 1. The first-order valence-corrected chi connectivity index (χ1v) is 11.5. The van der Waals surface area contributed by atoms with Crippen LogP contribution in [0.15, 0.2) is 34.8 Å². The summed E-state index contributed by atoms with van der Waals surface area (Å²) < 4.78 is 1.02. The molecule has 2 heterocycles. The van der Waals surface area contributed by atoms with Gasteiger partial charge in [0.25, 0.3) is 0 Å². The zero-order valence-electron chi connectivity index (χ0n) is 17.3. The Morgan fingerprint density at radius 1 is 1.14 bits per heavy atom. The van der Waals surface area contributed by atoms with E-state index in [4.69, 9.17) is 0 Å². The average Bonchev–Trinajstić information content (AvgIpc) is 3.12. The summed E-state index contributed by atoms with van der Waals surface area (Å²) in [4.78, 5) is 17.3. The first-order chi connectivity index (χ1) is 13.9. The topological polar surface area (TPSA) is 44.9 Å². The summed E-state index contributed by atoms with van der Waals surface area (Å²) in [5.41, 5.74) is 7.53. The molecule has 1 fully saturated rings. The molecule has 3 aromatic rings. The second kappa shape index (κ2) is 6.82. The lowest BCUT2D eigenvalue weighted by Crippen LogP contribution is -2.32. The summed E-state index contributed by atoms with van der Waals surface area (Å²) in [6, 6.07) is 10.7. The molecule has 29 heavy (non-hydrogen) atoms. The Bertz CT molecular complexity index is 1140. The van der Waals surface area contributed by atoms with E-state index < -0.39 is 0 Å². The van der Waals surface area contributed by atoms with Gasteiger partial charge in [0, 0.05) is 32.0 Å². The number of rotatable bonds is 2. The molecule has 1 saturated heterocycles. The number of H-pyrrole nitrogens is 1. The standard InChI is InChI=1S/C25H27BrN2O/c1-4-14-11-19-20(13-18(14)15-7-9-27-10-8-15)25(2,3)24-22(23(19)29)17-6-5-16(26)12-21(17)28-24/h5-6,11-13,15,27-28H,4,7-10H2,1-3H3. The molecule has 3 nitrogen and oxygen atoms in total. The molecule has 2 aliphatic rings. The van der Waals surface area contributed by atoms with Crippen LogP contribution in [0.5, 0.6) is 0 Å². The van der Waals surface area contributed by atoms with Gasteiger partial charge in [0.15, 0.2) is 5.78 Å². The van der Waals surface area contributed by atoms with Gasteiger partial charge in [0.1, 0.15) is 0 Å². The molecular weight excluding hydrogens is 424 g/mol. The number of piperidine rings is 1. The Morgan fingerprint density at radius 3 is 2.62 bits per heavy atom. The van der Waals surface area contributed by atoms with Crippen molar-refractivity contribution in [2.24, 2.45) is 0 Å². The molecular formula is C25H27BrN2O. The molecule has 0 amide bonds. The number of carbonyl (C=O) groups is 1. The van der Waals surface area contributed by atoms with Gasteiger partial charge in [-0.15, -0.1) is 0 Å². The van der Waals surface area contributed by atoms with Crippen molar-refractivity contribution in [3.05, 3.63) is 68.3 Å². The van der Waals surface area contributed by atoms with Gasteiger partial charge in [0.05, 0.1) is 5.56 Å². The highest BCUT2D eigenvalue weighted by Gasteiger charge is 2.40. The Balaban J connectivity index is 1.74. The number of hydrogen-bond acceptors (Lipinski definition) is 2. The molecule has 0 radical (unpaired) electrons. The fourth-order valence-corrected chi connectivity index (χ4v) is 5.69. The van der Waals surface area contributed by atoms with Gasteiger partial charge < -0.3 is 10.3 Å². The second-order valence-corrected chi connectivity index (χ2v) is 9.91. The molecule has 0 saturated carbocycles. The van der Waals surface area contributed by atoms with E-state index in [0.29, 0.717) is 5.92 Å². The van der Waals surface area contributed by atoms with E-state index in [0.717, 1.165) is 51.7 Å². The molecule has 150 valence electrons. The smallest absolute Gasteiger partial charge is 0.195 e. The third-order valence-electron chi connectivity index (χ3n) is 6.97. The molecule has 0 bridgehead atoms. The van der Waals surface area contributed by atoms with Gasteiger partial charge in [-0.25, -0.2) is 0 Å². The van der Waals surface area contributed by atoms with E-state index in [-0.39, 0.29) is 11.2 Å². The zero-order chi connectivity index (χ0) is 20.3. The predicted molar refractivity (Wildman–Crippen MR) is 122 cm³/mol. The maximum atomic E-state index is 13.7. The summed E-state index contributed by atoms with van der Waals surface area (Å²) >= 11 is 3.56. The fourth-order valence-electron chi connectivity index (χ4n) is 5.33. The maximum absolute atomic E-state index is 13.7. The van der Waals surface area contributed by atoms with Gasteiger partial charge in [-0.05, 0) is 73.2 Å². The minimum absolute atomic E-state index is 0.162. The number of benzene rings is 2. The van der Waals surface area contributed by atoms with E-state index in [9.17, 15) is 4.79 Å². The van der Waals surface area contributed by atoms with Crippen molar-refractivity contribution < 1.29 is 4.79 Å². The lowest BCUT2D eigenvalue weighted by atomic mass is 9.69. The lowest BCUT2D eigenvalue weighted by Gasteiger charge is -2.35. The van der Waals surface area contributed by atoms with Gasteiger partial charge in [-0.1, -0.05) is 48.8 Å². The van der Waals surface area contributed by atoms with Crippen molar-refractivity contribution in [1.29, 1.82) is 0 Å². The molecule has 1 aromatic heterocycles. The Hall–Kier alpha value is -1.91. The fraction of sp³-hybridized carbons (Fsp3) is 0.400. The second-order valence-electron chi connectivity index (χ2n) is 8.99. The van der Waals surface area contributed by atoms with Gasteiger partial charge in [-0.2, -0.15) is 0 Å². The molecule has 2 aromatic carbocycles. The lowest BCUT2D eigenvalue weighted by molar-refractivity contribution is 0.103.